The number of carbonyl (C=O) groups is 2. The Morgan fingerprint density at radius 2 is 1.29 bits per heavy atom. The largest absolute Gasteiger partial charge is 0.547 e. The van der Waals surface area contributed by atoms with Gasteiger partial charge in [-0.1, -0.05) is 13.8 Å². The summed E-state index contributed by atoms with van der Waals surface area (Å²) in [6.45, 7) is 4.20. The van der Waals surface area contributed by atoms with Gasteiger partial charge in [0.2, 0.25) is 0 Å². The molecule has 0 aromatic carbocycles. The van der Waals surface area contributed by atoms with Gasteiger partial charge in [-0.2, -0.15) is 0 Å². The second-order valence-electron chi connectivity index (χ2n) is 4.44. The molecule has 6 N–H and O–H groups in total. The number of aliphatic hydroxyl groups is 2. The summed E-state index contributed by atoms with van der Waals surface area (Å²) in [5, 5.41) is 35.7. The molecule has 2 atom stereocenters. The topological polar surface area (TPSA) is 181 Å². The number of hydrogen-bond donors (Lipinski definition) is 4. The number of carboxylic acids is 2. The molecule has 0 aliphatic rings. The first-order chi connectivity index (χ1) is 11.3. The number of aromatic amines is 4. The Labute approximate surface area is 138 Å². The zero-order valence-corrected chi connectivity index (χ0v) is 13.4. The Kier molecular flexibility index (Phi) is 10.5. The highest BCUT2D eigenvalue weighted by Crippen LogP contribution is 1.89. The van der Waals surface area contributed by atoms with Gasteiger partial charge in [-0.3, -0.25) is 0 Å². The summed E-state index contributed by atoms with van der Waals surface area (Å²) >= 11 is 0. The number of hydrogen-bond acceptors (Lipinski definition) is 6. The fraction of sp³-hybridized carbons (Fsp3) is 0.429. The molecule has 0 unspecified atom stereocenters. The molecule has 24 heavy (non-hydrogen) atoms. The number of aliphatic carboxylic acids is 2. The standard InChI is InChI=1S/2C5H8N2.C4H6O6/c2*1-2-5-6-3-4-7-5;5-1(3(7)8)2(6)4(9)10/h2*3-4H,2H2,1H3,(H,6,7);1-2,5-6H,(H,7,8)(H,9,10)/t;;1-,2-/m..0/s1. The fourth-order valence-electron chi connectivity index (χ4n) is 1.32. The third-order valence-electron chi connectivity index (χ3n) is 2.69. The predicted octanol–water partition coefficient (Wildman–Crippen LogP) is -4.01. The number of carboxylic acid groups (broad SMARTS) is 2. The monoisotopic (exact) mass is 342 g/mol. The van der Waals surface area contributed by atoms with E-state index in [4.69, 9.17) is 10.2 Å². The van der Waals surface area contributed by atoms with Crippen molar-refractivity contribution < 1.29 is 40.0 Å². The van der Waals surface area contributed by atoms with Gasteiger partial charge in [-0.05, 0) is 0 Å². The summed E-state index contributed by atoms with van der Waals surface area (Å²) in [6, 6.07) is 0. The van der Waals surface area contributed by atoms with Crippen LogP contribution in [0.15, 0.2) is 24.8 Å². The number of carbonyl (C=O) groups excluding carboxylic acids is 2. The second kappa shape index (κ2) is 11.8. The summed E-state index contributed by atoms with van der Waals surface area (Å²) < 4.78 is 0. The van der Waals surface area contributed by atoms with E-state index in [0.717, 1.165) is 12.8 Å². The highest BCUT2D eigenvalue weighted by atomic mass is 16.4. The molecule has 0 saturated carbocycles. The molecule has 0 amide bonds. The zero-order chi connectivity index (χ0) is 18.5. The maximum absolute atomic E-state index is 9.63. The molecule has 0 radical (unpaired) electrons. The Morgan fingerprint density at radius 3 is 1.42 bits per heavy atom. The van der Waals surface area contributed by atoms with Gasteiger partial charge in [-0.15, -0.1) is 0 Å². The Hall–Kier alpha value is -2.72. The van der Waals surface area contributed by atoms with Crippen molar-refractivity contribution in [1.29, 1.82) is 0 Å². The van der Waals surface area contributed by atoms with Crippen molar-refractivity contribution in [2.45, 2.75) is 38.9 Å². The van der Waals surface area contributed by atoms with Crippen molar-refractivity contribution in [2.24, 2.45) is 0 Å². The third kappa shape index (κ3) is 8.66. The second-order valence-corrected chi connectivity index (χ2v) is 4.44. The number of aromatic nitrogens is 4. The van der Waals surface area contributed by atoms with Crippen LogP contribution in [0.3, 0.4) is 0 Å². The molecule has 10 heteroatoms. The smallest absolute Gasteiger partial charge is 0.251 e. The summed E-state index contributed by atoms with van der Waals surface area (Å²) in [7, 11) is 0. The number of aryl methyl sites for hydroxylation is 2. The van der Waals surface area contributed by atoms with Gasteiger partial charge in [-0.25, -0.2) is 19.9 Å². The Balaban J connectivity index is 0.000000337. The highest BCUT2D eigenvalue weighted by Gasteiger charge is 2.17. The average molecular weight is 342 g/mol. The van der Waals surface area contributed by atoms with Crippen LogP contribution in [-0.4, -0.2) is 44.3 Å². The molecule has 0 spiro atoms. The van der Waals surface area contributed by atoms with Crippen LogP contribution in [0.25, 0.3) is 0 Å². The lowest BCUT2D eigenvalue weighted by Gasteiger charge is -2.18. The number of H-pyrrole nitrogens is 4. The third-order valence-corrected chi connectivity index (χ3v) is 2.69. The fourth-order valence-corrected chi connectivity index (χ4v) is 1.32. The quantitative estimate of drug-likeness (QED) is 0.429. The highest BCUT2D eigenvalue weighted by molar-refractivity contribution is 5.80. The van der Waals surface area contributed by atoms with Crippen LogP contribution in [0.4, 0.5) is 0 Å². The van der Waals surface area contributed by atoms with E-state index < -0.39 is 24.1 Å². The first kappa shape index (κ1) is 21.3. The number of imidazole rings is 2. The Morgan fingerprint density at radius 1 is 0.958 bits per heavy atom. The van der Waals surface area contributed by atoms with Gasteiger partial charge in [0.05, 0.1) is 11.9 Å². The molecule has 134 valence electrons. The molecule has 2 aromatic rings. The van der Waals surface area contributed by atoms with Crippen LogP contribution in [0, 0.1) is 0 Å². The first-order valence-corrected chi connectivity index (χ1v) is 7.19. The summed E-state index contributed by atoms with van der Waals surface area (Å²) in [4.78, 5) is 31.4. The van der Waals surface area contributed by atoms with E-state index in [9.17, 15) is 19.8 Å². The maximum Gasteiger partial charge on any atom is 0.251 e. The molecule has 0 saturated heterocycles. The molecule has 0 fully saturated rings. The van der Waals surface area contributed by atoms with E-state index in [1.807, 2.05) is 24.8 Å². The summed E-state index contributed by atoms with van der Waals surface area (Å²) in [6.07, 6.45) is 4.77. The number of aliphatic hydroxyl groups excluding tert-OH is 2. The molecule has 0 bridgehead atoms. The van der Waals surface area contributed by atoms with Gasteiger partial charge in [0.25, 0.3) is 11.6 Å². The minimum absolute atomic E-state index is 1.05. The van der Waals surface area contributed by atoms with Crippen molar-refractivity contribution in [2.75, 3.05) is 0 Å². The first-order valence-electron chi connectivity index (χ1n) is 7.19. The van der Waals surface area contributed by atoms with Crippen molar-refractivity contribution in [3.8, 4) is 0 Å². The van der Waals surface area contributed by atoms with E-state index in [1.54, 1.807) is 0 Å². The summed E-state index contributed by atoms with van der Waals surface area (Å²) in [5.41, 5.74) is 0. The molecule has 10 nitrogen and oxygen atoms in total. The zero-order valence-electron chi connectivity index (χ0n) is 13.4. The average Bonchev–Trinajstić information content (AvgIpc) is 3.27. The lowest BCUT2D eigenvalue weighted by atomic mass is 10.2. The van der Waals surface area contributed by atoms with E-state index in [-0.39, 0.29) is 0 Å². The van der Waals surface area contributed by atoms with Crippen LogP contribution in [0.5, 0.6) is 0 Å². The SMILES string of the molecule is CCc1[nH]cc[nH+]1.CCc1[nH]cc[nH+]1.O=C([O-])[C@@H](O)[C@H](O)C(=O)[O-]. The lowest BCUT2D eigenvalue weighted by molar-refractivity contribution is -0.388. The van der Waals surface area contributed by atoms with E-state index in [2.05, 4.69) is 33.8 Å². The van der Waals surface area contributed by atoms with Gasteiger partial charge >= 0.3 is 0 Å². The van der Waals surface area contributed by atoms with Crippen LogP contribution in [-0.2, 0) is 22.4 Å². The molecule has 0 aliphatic carbocycles. The van der Waals surface area contributed by atoms with Gasteiger partial charge in [0, 0.05) is 12.8 Å². The molecule has 2 aromatic heterocycles. The van der Waals surface area contributed by atoms with E-state index >= 15 is 0 Å². The molecule has 2 rings (SSSR count). The van der Waals surface area contributed by atoms with Crippen LogP contribution >= 0.6 is 0 Å². The molecule has 0 aliphatic heterocycles. The summed E-state index contributed by atoms with van der Waals surface area (Å²) in [5.74, 6) is -1.76. The van der Waals surface area contributed by atoms with Crippen molar-refractivity contribution in [3.05, 3.63) is 36.4 Å². The lowest BCUT2D eigenvalue weighted by Crippen LogP contribution is -2.51. The van der Waals surface area contributed by atoms with Crippen LogP contribution in [0.2, 0.25) is 0 Å². The number of nitrogens with one attached hydrogen (secondary N) is 4. The van der Waals surface area contributed by atoms with Crippen molar-refractivity contribution in [1.82, 2.24) is 9.97 Å². The van der Waals surface area contributed by atoms with Crippen molar-refractivity contribution >= 4 is 11.9 Å². The number of rotatable bonds is 5. The normalized spacial score (nSPS) is 12.0. The molecular weight excluding hydrogens is 320 g/mol. The van der Waals surface area contributed by atoms with Gasteiger partial charge in [0.15, 0.2) is 0 Å². The van der Waals surface area contributed by atoms with Gasteiger partial charge in [0.1, 0.15) is 37.0 Å². The van der Waals surface area contributed by atoms with E-state index in [1.165, 1.54) is 11.6 Å². The minimum atomic E-state index is -2.44. The predicted molar refractivity (Wildman–Crippen MR) is 75.5 cm³/mol. The van der Waals surface area contributed by atoms with Gasteiger partial charge < -0.3 is 30.0 Å². The Bertz CT molecular complexity index is 518. The molecule has 2 heterocycles. The van der Waals surface area contributed by atoms with E-state index in [0.29, 0.717) is 0 Å². The van der Waals surface area contributed by atoms with Crippen LogP contribution < -0.4 is 20.2 Å². The minimum Gasteiger partial charge on any atom is -0.547 e. The maximum atomic E-state index is 9.63. The molecular formula is C14H22N4O6. The van der Waals surface area contributed by atoms with Crippen molar-refractivity contribution in [3.63, 3.8) is 0 Å². The van der Waals surface area contributed by atoms with Crippen LogP contribution in [0.1, 0.15) is 25.5 Å².